The Hall–Kier alpha value is -0.470. The van der Waals surface area contributed by atoms with E-state index < -0.39 is 10.0 Å². The van der Waals surface area contributed by atoms with Crippen molar-refractivity contribution in [1.29, 1.82) is 0 Å². The normalized spacial score (nSPS) is 25.5. The van der Waals surface area contributed by atoms with Gasteiger partial charge >= 0.3 is 0 Å². The summed E-state index contributed by atoms with van der Waals surface area (Å²) in [6, 6.07) is 0. The average molecular weight is 375 g/mol. The van der Waals surface area contributed by atoms with Crippen molar-refractivity contribution in [2.75, 3.05) is 57.0 Å². The van der Waals surface area contributed by atoms with Gasteiger partial charge in [0.25, 0.3) is 0 Å². The topological polar surface area (TPSA) is 65.0 Å². The maximum absolute atomic E-state index is 12.4. The van der Waals surface area contributed by atoms with Gasteiger partial charge in [-0.25, -0.2) is 12.7 Å². The van der Waals surface area contributed by atoms with Gasteiger partial charge in [0.1, 0.15) is 0 Å². The SMILES string of the molecule is CN=C(NCCS(=O)(=O)N1CCSCC1)N1CCC2(CCCC2)C1. The van der Waals surface area contributed by atoms with Gasteiger partial charge < -0.3 is 10.2 Å². The zero-order valence-electron chi connectivity index (χ0n) is 14.7. The Labute approximate surface area is 150 Å². The predicted octanol–water partition coefficient (Wildman–Crippen LogP) is 1.21. The van der Waals surface area contributed by atoms with Crippen LogP contribution in [0.4, 0.5) is 0 Å². The van der Waals surface area contributed by atoms with Crippen molar-refractivity contribution in [3.8, 4) is 0 Å². The first-order chi connectivity index (χ1) is 11.5. The maximum atomic E-state index is 12.4. The molecule has 1 spiro atoms. The molecule has 8 heteroatoms. The lowest BCUT2D eigenvalue weighted by atomic mass is 9.86. The van der Waals surface area contributed by atoms with E-state index in [1.54, 1.807) is 11.4 Å². The number of aliphatic imine (C=N–C) groups is 1. The molecule has 6 nitrogen and oxygen atoms in total. The van der Waals surface area contributed by atoms with E-state index in [0.29, 0.717) is 25.0 Å². The van der Waals surface area contributed by atoms with Crippen LogP contribution >= 0.6 is 11.8 Å². The maximum Gasteiger partial charge on any atom is 0.215 e. The molecule has 0 aromatic rings. The molecule has 0 bridgehead atoms. The molecule has 138 valence electrons. The second-order valence-electron chi connectivity index (χ2n) is 7.18. The van der Waals surface area contributed by atoms with E-state index in [-0.39, 0.29) is 5.75 Å². The van der Waals surface area contributed by atoms with Crippen molar-refractivity contribution in [2.45, 2.75) is 32.1 Å². The molecule has 2 saturated heterocycles. The van der Waals surface area contributed by atoms with E-state index in [1.807, 2.05) is 11.8 Å². The van der Waals surface area contributed by atoms with Crippen LogP contribution in [-0.2, 0) is 10.0 Å². The Morgan fingerprint density at radius 2 is 1.88 bits per heavy atom. The van der Waals surface area contributed by atoms with Crippen LogP contribution in [0, 0.1) is 5.41 Å². The molecule has 0 atom stereocenters. The van der Waals surface area contributed by atoms with E-state index >= 15 is 0 Å². The molecule has 0 amide bonds. The van der Waals surface area contributed by atoms with Crippen LogP contribution in [0.5, 0.6) is 0 Å². The minimum absolute atomic E-state index is 0.148. The smallest absolute Gasteiger partial charge is 0.215 e. The molecule has 1 saturated carbocycles. The number of sulfonamides is 1. The first kappa shape index (κ1) is 18.3. The molecule has 3 aliphatic rings. The number of thioether (sulfide) groups is 1. The number of hydrogen-bond acceptors (Lipinski definition) is 4. The van der Waals surface area contributed by atoms with Crippen molar-refractivity contribution in [1.82, 2.24) is 14.5 Å². The highest BCUT2D eigenvalue weighted by Gasteiger charge is 2.41. The molecule has 3 fully saturated rings. The van der Waals surface area contributed by atoms with Gasteiger partial charge in [-0.15, -0.1) is 0 Å². The second-order valence-corrected chi connectivity index (χ2v) is 10.5. The summed E-state index contributed by atoms with van der Waals surface area (Å²) in [6.45, 7) is 3.84. The van der Waals surface area contributed by atoms with Crippen molar-refractivity contribution in [2.24, 2.45) is 10.4 Å². The summed E-state index contributed by atoms with van der Waals surface area (Å²) in [6.07, 6.45) is 6.62. The van der Waals surface area contributed by atoms with Crippen molar-refractivity contribution in [3.05, 3.63) is 0 Å². The highest BCUT2D eigenvalue weighted by molar-refractivity contribution is 7.99. The molecule has 2 heterocycles. The molecule has 0 aromatic heterocycles. The van der Waals surface area contributed by atoms with Gasteiger partial charge in [-0.3, -0.25) is 4.99 Å². The lowest BCUT2D eigenvalue weighted by molar-refractivity contribution is 0.309. The number of nitrogens with one attached hydrogen (secondary N) is 1. The summed E-state index contributed by atoms with van der Waals surface area (Å²) in [7, 11) is -1.36. The lowest BCUT2D eigenvalue weighted by Gasteiger charge is -2.27. The van der Waals surface area contributed by atoms with Gasteiger partial charge in [-0.2, -0.15) is 11.8 Å². The third kappa shape index (κ3) is 4.19. The zero-order valence-corrected chi connectivity index (χ0v) is 16.3. The fourth-order valence-electron chi connectivity index (χ4n) is 4.23. The number of rotatable bonds is 4. The number of nitrogens with zero attached hydrogens (tertiary/aromatic N) is 3. The average Bonchev–Trinajstić information content (AvgIpc) is 3.23. The molecule has 24 heavy (non-hydrogen) atoms. The van der Waals surface area contributed by atoms with E-state index in [4.69, 9.17) is 0 Å². The molecule has 0 aromatic carbocycles. The van der Waals surface area contributed by atoms with Gasteiger partial charge in [0.05, 0.1) is 5.75 Å². The summed E-state index contributed by atoms with van der Waals surface area (Å²) in [5, 5.41) is 3.28. The molecular formula is C16H30N4O2S2. The third-order valence-corrected chi connectivity index (χ3v) is 8.43. The van der Waals surface area contributed by atoms with Gasteiger partial charge in [0.2, 0.25) is 10.0 Å². The highest BCUT2D eigenvalue weighted by atomic mass is 32.2. The van der Waals surface area contributed by atoms with Crippen LogP contribution in [0.15, 0.2) is 4.99 Å². The Balaban J connectivity index is 1.48. The van der Waals surface area contributed by atoms with Crippen molar-refractivity contribution in [3.63, 3.8) is 0 Å². The minimum Gasteiger partial charge on any atom is -0.355 e. The number of likely N-dealkylation sites (tertiary alicyclic amines) is 1. The Morgan fingerprint density at radius 1 is 1.17 bits per heavy atom. The summed E-state index contributed by atoms with van der Waals surface area (Å²) < 4.78 is 26.4. The first-order valence-electron chi connectivity index (χ1n) is 9.06. The molecule has 0 radical (unpaired) electrons. The summed E-state index contributed by atoms with van der Waals surface area (Å²) >= 11 is 1.83. The largest absolute Gasteiger partial charge is 0.355 e. The standard InChI is InChI=1S/C16H30N4O2S2/c1-17-15(19-8-6-16(14-19)4-2-3-5-16)18-7-13-24(21,22)20-9-11-23-12-10-20/h2-14H2,1H3,(H,17,18). The lowest BCUT2D eigenvalue weighted by Crippen LogP contribution is -2.45. The molecule has 1 aliphatic carbocycles. The van der Waals surface area contributed by atoms with Gasteiger partial charge in [-0.05, 0) is 24.7 Å². The summed E-state index contributed by atoms with van der Waals surface area (Å²) in [5.74, 6) is 2.83. The summed E-state index contributed by atoms with van der Waals surface area (Å²) in [5.41, 5.74) is 0.495. The molecular weight excluding hydrogens is 344 g/mol. The Kier molecular flexibility index (Phi) is 5.98. The van der Waals surface area contributed by atoms with Crippen molar-refractivity contribution >= 4 is 27.7 Å². The zero-order chi connectivity index (χ0) is 17.0. The van der Waals surface area contributed by atoms with Crippen LogP contribution in [0.2, 0.25) is 0 Å². The van der Waals surface area contributed by atoms with E-state index in [1.165, 1.54) is 32.1 Å². The third-order valence-electron chi connectivity index (χ3n) is 5.62. The Morgan fingerprint density at radius 3 is 2.54 bits per heavy atom. The van der Waals surface area contributed by atoms with E-state index in [2.05, 4.69) is 15.2 Å². The molecule has 0 unspecified atom stereocenters. The minimum atomic E-state index is -3.15. The second kappa shape index (κ2) is 7.83. The van der Waals surface area contributed by atoms with Gasteiger partial charge in [0, 0.05) is 51.3 Å². The van der Waals surface area contributed by atoms with Gasteiger partial charge in [-0.1, -0.05) is 12.8 Å². The van der Waals surface area contributed by atoms with Crippen LogP contribution in [0.3, 0.4) is 0 Å². The van der Waals surface area contributed by atoms with Crippen LogP contribution in [0.1, 0.15) is 32.1 Å². The molecule has 3 rings (SSSR count). The molecule has 1 N–H and O–H groups in total. The summed E-state index contributed by atoms with van der Waals surface area (Å²) in [4.78, 5) is 6.69. The quantitative estimate of drug-likeness (QED) is 0.592. The van der Waals surface area contributed by atoms with Crippen LogP contribution in [0.25, 0.3) is 0 Å². The number of guanidine groups is 1. The fraction of sp³-hybridized carbons (Fsp3) is 0.938. The number of hydrogen-bond donors (Lipinski definition) is 1. The van der Waals surface area contributed by atoms with Crippen molar-refractivity contribution < 1.29 is 8.42 Å². The molecule has 2 aliphatic heterocycles. The van der Waals surface area contributed by atoms with Gasteiger partial charge in [0.15, 0.2) is 5.96 Å². The monoisotopic (exact) mass is 374 g/mol. The Bertz CT molecular complexity index is 552. The predicted molar refractivity (Wildman–Crippen MR) is 101 cm³/mol. The van der Waals surface area contributed by atoms with E-state index in [0.717, 1.165) is 30.6 Å². The highest BCUT2D eigenvalue weighted by Crippen LogP contribution is 2.45. The first-order valence-corrected chi connectivity index (χ1v) is 11.8. The van der Waals surface area contributed by atoms with Crippen LogP contribution in [-0.4, -0.2) is 80.6 Å². The van der Waals surface area contributed by atoms with Crippen LogP contribution < -0.4 is 5.32 Å². The van der Waals surface area contributed by atoms with E-state index in [9.17, 15) is 8.42 Å². The fourth-order valence-corrected chi connectivity index (χ4v) is 6.72.